The number of ketones is 1. The molecular formula is C19H21F2NO4S. The van der Waals surface area contributed by atoms with Gasteiger partial charge in [-0.3, -0.25) is 9.59 Å². The second-order valence-corrected chi connectivity index (χ2v) is 7.09. The van der Waals surface area contributed by atoms with Crippen molar-refractivity contribution in [3.05, 3.63) is 45.6 Å². The Labute approximate surface area is 160 Å². The van der Waals surface area contributed by atoms with Gasteiger partial charge in [-0.2, -0.15) is 8.78 Å². The number of methoxy groups -OCH3 is 1. The van der Waals surface area contributed by atoms with Crippen molar-refractivity contribution in [2.45, 2.75) is 32.8 Å². The van der Waals surface area contributed by atoms with E-state index in [-0.39, 0.29) is 36.0 Å². The van der Waals surface area contributed by atoms with Crippen LogP contribution in [0.25, 0.3) is 0 Å². The molecule has 1 aromatic carbocycles. The van der Waals surface area contributed by atoms with Gasteiger partial charge in [0, 0.05) is 24.3 Å². The van der Waals surface area contributed by atoms with E-state index in [0.717, 1.165) is 10.4 Å². The van der Waals surface area contributed by atoms with Gasteiger partial charge in [-0.15, -0.1) is 11.3 Å². The fraction of sp³-hybridized carbons (Fsp3) is 0.368. The molecule has 0 saturated heterocycles. The summed E-state index contributed by atoms with van der Waals surface area (Å²) in [4.78, 5) is 25.6. The fourth-order valence-corrected chi connectivity index (χ4v) is 3.27. The monoisotopic (exact) mass is 397 g/mol. The number of nitrogens with one attached hydrogen (secondary N) is 1. The van der Waals surface area contributed by atoms with Crippen LogP contribution in [-0.2, 0) is 11.2 Å². The zero-order valence-electron chi connectivity index (χ0n) is 15.1. The molecule has 2 rings (SSSR count). The summed E-state index contributed by atoms with van der Waals surface area (Å²) in [5, 5.41) is 2.75. The molecule has 146 valence electrons. The van der Waals surface area contributed by atoms with Crippen LogP contribution in [0, 0.1) is 6.92 Å². The maximum atomic E-state index is 12.3. The molecule has 1 N–H and O–H groups in total. The number of carbonyl (C=O) groups is 2. The van der Waals surface area contributed by atoms with Crippen LogP contribution in [0.1, 0.15) is 33.0 Å². The molecule has 0 aliphatic rings. The third-order valence-corrected chi connectivity index (χ3v) is 4.82. The predicted octanol–water partition coefficient (Wildman–Crippen LogP) is 3.99. The first-order chi connectivity index (χ1) is 12.9. The number of benzene rings is 1. The number of ether oxygens (including phenoxy) is 2. The highest BCUT2D eigenvalue weighted by atomic mass is 32.1. The quantitative estimate of drug-likeness (QED) is 0.616. The average molecular weight is 397 g/mol. The first-order valence-corrected chi connectivity index (χ1v) is 9.18. The van der Waals surface area contributed by atoms with Crippen molar-refractivity contribution in [1.82, 2.24) is 5.32 Å². The molecule has 0 aliphatic carbocycles. The maximum absolute atomic E-state index is 12.3. The minimum atomic E-state index is -2.93. The summed E-state index contributed by atoms with van der Waals surface area (Å²) < 4.78 is 34.0. The standard InChI is InChI=1S/C19H21F2NO4S/c1-12-3-7-17(27-12)14(23)5-8-18(24)22-10-9-13-4-6-15(26-19(20)21)16(11-13)25-2/h3-4,6-7,11,19H,5,8-10H2,1-2H3,(H,22,24). The van der Waals surface area contributed by atoms with Crippen LogP contribution in [0.4, 0.5) is 8.78 Å². The Morgan fingerprint density at radius 2 is 1.93 bits per heavy atom. The van der Waals surface area contributed by atoms with E-state index in [1.54, 1.807) is 18.2 Å². The second-order valence-electron chi connectivity index (χ2n) is 5.80. The zero-order chi connectivity index (χ0) is 19.8. The highest BCUT2D eigenvalue weighted by molar-refractivity contribution is 7.14. The number of hydrogen-bond acceptors (Lipinski definition) is 5. The molecule has 1 amide bonds. The number of amides is 1. The number of hydrogen-bond donors (Lipinski definition) is 1. The Kier molecular flexibility index (Phi) is 7.72. The summed E-state index contributed by atoms with van der Waals surface area (Å²) >= 11 is 1.42. The summed E-state index contributed by atoms with van der Waals surface area (Å²) in [5.41, 5.74) is 0.805. The number of rotatable bonds is 10. The third kappa shape index (κ3) is 6.63. The molecule has 5 nitrogen and oxygen atoms in total. The Morgan fingerprint density at radius 3 is 2.56 bits per heavy atom. The molecule has 0 radical (unpaired) electrons. The SMILES string of the molecule is COc1cc(CCNC(=O)CCC(=O)c2ccc(C)s2)ccc1OC(F)F. The van der Waals surface area contributed by atoms with E-state index in [1.807, 2.05) is 13.0 Å². The van der Waals surface area contributed by atoms with Crippen LogP contribution in [0.3, 0.4) is 0 Å². The highest BCUT2D eigenvalue weighted by Gasteiger charge is 2.12. The van der Waals surface area contributed by atoms with Crippen LogP contribution in [0.15, 0.2) is 30.3 Å². The van der Waals surface area contributed by atoms with Crippen molar-refractivity contribution < 1.29 is 27.8 Å². The number of Topliss-reactive ketones (excluding diaryl/α,β-unsaturated/α-hetero) is 1. The largest absolute Gasteiger partial charge is 0.493 e. The van der Waals surface area contributed by atoms with Gasteiger partial charge in [0.25, 0.3) is 0 Å². The lowest BCUT2D eigenvalue weighted by Gasteiger charge is -2.11. The van der Waals surface area contributed by atoms with E-state index in [0.29, 0.717) is 17.8 Å². The molecule has 27 heavy (non-hydrogen) atoms. The van der Waals surface area contributed by atoms with Crippen molar-refractivity contribution in [1.29, 1.82) is 0 Å². The van der Waals surface area contributed by atoms with Gasteiger partial charge in [0.05, 0.1) is 12.0 Å². The lowest BCUT2D eigenvalue weighted by molar-refractivity contribution is -0.121. The number of alkyl halides is 2. The van der Waals surface area contributed by atoms with Crippen molar-refractivity contribution >= 4 is 23.0 Å². The van der Waals surface area contributed by atoms with Crippen LogP contribution in [-0.4, -0.2) is 32.0 Å². The molecule has 0 atom stereocenters. The fourth-order valence-electron chi connectivity index (χ4n) is 2.43. The van der Waals surface area contributed by atoms with Gasteiger partial charge < -0.3 is 14.8 Å². The molecule has 0 bridgehead atoms. The van der Waals surface area contributed by atoms with E-state index in [9.17, 15) is 18.4 Å². The van der Waals surface area contributed by atoms with Gasteiger partial charge in [0.2, 0.25) is 5.91 Å². The maximum Gasteiger partial charge on any atom is 0.387 e. The van der Waals surface area contributed by atoms with E-state index >= 15 is 0 Å². The van der Waals surface area contributed by atoms with E-state index in [2.05, 4.69) is 10.1 Å². The Hall–Kier alpha value is -2.48. The number of halogens is 2. The van der Waals surface area contributed by atoms with Gasteiger partial charge in [0.1, 0.15) is 0 Å². The van der Waals surface area contributed by atoms with Gasteiger partial charge in [-0.1, -0.05) is 6.07 Å². The van der Waals surface area contributed by atoms with Gasteiger partial charge in [-0.05, 0) is 43.2 Å². The van der Waals surface area contributed by atoms with Crippen LogP contribution >= 0.6 is 11.3 Å². The molecule has 0 unspecified atom stereocenters. The van der Waals surface area contributed by atoms with Crippen LogP contribution in [0.5, 0.6) is 11.5 Å². The lowest BCUT2D eigenvalue weighted by Crippen LogP contribution is -2.26. The lowest BCUT2D eigenvalue weighted by atomic mass is 10.1. The summed E-state index contributed by atoms with van der Waals surface area (Å²) in [6.45, 7) is -0.636. The minimum Gasteiger partial charge on any atom is -0.493 e. The predicted molar refractivity (Wildman–Crippen MR) is 99.0 cm³/mol. The van der Waals surface area contributed by atoms with E-state index < -0.39 is 6.61 Å². The van der Waals surface area contributed by atoms with Gasteiger partial charge in [-0.25, -0.2) is 0 Å². The highest BCUT2D eigenvalue weighted by Crippen LogP contribution is 2.29. The molecular weight excluding hydrogens is 376 g/mol. The normalized spacial score (nSPS) is 10.7. The summed E-state index contributed by atoms with van der Waals surface area (Å²) in [6, 6.07) is 8.28. The zero-order valence-corrected chi connectivity index (χ0v) is 15.9. The van der Waals surface area contributed by atoms with Crippen molar-refractivity contribution in [2.75, 3.05) is 13.7 Å². The average Bonchev–Trinajstić information content (AvgIpc) is 3.07. The second kappa shape index (κ2) is 10.0. The van der Waals surface area contributed by atoms with Gasteiger partial charge >= 0.3 is 6.61 Å². The summed E-state index contributed by atoms with van der Waals surface area (Å²) in [7, 11) is 1.37. The molecule has 1 aromatic heterocycles. The van der Waals surface area contributed by atoms with E-state index in [4.69, 9.17) is 4.74 Å². The minimum absolute atomic E-state index is 0.0392. The third-order valence-electron chi connectivity index (χ3n) is 3.77. The van der Waals surface area contributed by atoms with Crippen LogP contribution < -0.4 is 14.8 Å². The topological polar surface area (TPSA) is 64.6 Å². The molecule has 0 aliphatic heterocycles. The first-order valence-electron chi connectivity index (χ1n) is 8.37. The van der Waals surface area contributed by atoms with Crippen molar-refractivity contribution in [2.24, 2.45) is 0 Å². The van der Waals surface area contributed by atoms with Crippen LogP contribution in [0.2, 0.25) is 0 Å². The number of carbonyl (C=O) groups excluding carboxylic acids is 2. The molecule has 8 heteroatoms. The molecule has 0 spiro atoms. The summed E-state index contributed by atoms with van der Waals surface area (Å²) in [5.74, 6) is -0.0811. The molecule has 1 heterocycles. The molecule has 0 fully saturated rings. The first kappa shape index (κ1) is 20.8. The molecule has 0 saturated carbocycles. The molecule has 2 aromatic rings. The summed E-state index contributed by atoms with van der Waals surface area (Å²) in [6.07, 6.45) is 0.786. The van der Waals surface area contributed by atoms with Crippen molar-refractivity contribution in [3.63, 3.8) is 0 Å². The Morgan fingerprint density at radius 1 is 1.15 bits per heavy atom. The van der Waals surface area contributed by atoms with Crippen molar-refractivity contribution in [3.8, 4) is 11.5 Å². The Balaban J connectivity index is 1.76. The van der Waals surface area contributed by atoms with Gasteiger partial charge in [0.15, 0.2) is 17.3 Å². The van der Waals surface area contributed by atoms with E-state index in [1.165, 1.54) is 24.5 Å². The Bertz CT molecular complexity index is 792. The smallest absolute Gasteiger partial charge is 0.387 e. The number of aryl methyl sites for hydroxylation is 1. The number of thiophene rings is 1.